The molecule has 1 aromatic rings. The van der Waals surface area contributed by atoms with E-state index in [0.717, 1.165) is 0 Å². The Balaban J connectivity index is 1.35. The van der Waals surface area contributed by atoms with Gasteiger partial charge in [0.05, 0.1) is 46.1 Å². The average Bonchev–Trinajstić information content (AvgIpc) is 3.13. The van der Waals surface area contributed by atoms with Crippen molar-refractivity contribution >= 4 is 29.3 Å². The number of nitroso groups, excluding NO2 is 1. The molecule has 4 amide bonds. The Morgan fingerprint density at radius 2 is 1.76 bits per heavy atom. The first-order valence-electron chi connectivity index (χ1n) is 11.1. The summed E-state index contributed by atoms with van der Waals surface area (Å²) < 4.78 is 15.8. The van der Waals surface area contributed by atoms with Gasteiger partial charge in [0.2, 0.25) is 17.7 Å². The fourth-order valence-electron chi connectivity index (χ4n) is 3.68. The van der Waals surface area contributed by atoms with E-state index in [1.807, 2.05) is 0 Å². The van der Waals surface area contributed by atoms with Crippen LogP contribution in [-0.4, -0.2) is 80.8 Å². The van der Waals surface area contributed by atoms with E-state index < -0.39 is 11.9 Å². The van der Waals surface area contributed by atoms with Crippen molar-refractivity contribution in [2.75, 3.05) is 51.5 Å². The number of carbonyl (C=O) groups is 4. The lowest BCUT2D eigenvalue weighted by atomic mass is 10.0. The molecule has 184 valence electrons. The standard InChI is InChI=1S/C22H28N4O8/c27-19-4-3-18(21(29)25-19)26-14-15-13-16(1-2-17(15)22(26)30)24-20(28)5-7-32-9-11-34-12-10-33-8-6-23-31/h1-2,13,18H,3-12,14H2,(H,24,28)(H,25,27,29). The van der Waals surface area contributed by atoms with Gasteiger partial charge in [0, 0.05) is 24.2 Å². The van der Waals surface area contributed by atoms with Gasteiger partial charge in [-0.05, 0) is 30.2 Å². The molecule has 12 heteroatoms. The number of anilines is 1. The average molecular weight is 476 g/mol. The van der Waals surface area contributed by atoms with Crippen molar-refractivity contribution < 1.29 is 33.4 Å². The molecule has 0 spiro atoms. The van der Waals surface area contributed by atoms with E-state index in [1.54, 1.807) is 18.2 Å². The number of amides is 4. The number of fused-ring (bicyclic) bond motifs is 1. The molecule has 2 N–H and O–H groups in total. The zero-order chi connectivity index (χ0) is 24.3. The third kappa shape index (κ3) is 7.14. The maximum Gasteiger partial charge on any atom is 0.255 e. The Morgan fingerprint density at radius 1 is 1.06 bits per heavy atom. The Labute approximate surface area is 196 Å². The summed E-state index contributed by atoms with van der Waals surface area (Å²) in [5.41, 5.74) is 1.75. The van der Waals surface area contributed by atoms with Gasteiger partial charge < -0.3 is 24.4 Å². The SMILES string of the molecule is O=NCCOCCOCCOCCC(=O)Nc1ccc2c(c1)CN(C1CCC(=O)NC1=O)C2=O. The molecule has 1 unspecified atom stereocenters. The Morgan fingerprint density at radius 3 is 2.47 bits per heavy atom. The van der Waals surface area contributed by atoms with Crippen molar-refractivity contribution in [1.29, 1.82) is 0 Å². The Kier molecular flexibility index (Phi) is 9.62. The molecule has 0 aliphatic carbocycles. The topological polar surface area (TPSA) is 153 Å². The molecule has 1 aromatic carbocycles. The second-order valence-corrected chi connectivity index (χ2v) is 7.76. The van der Waals surface area contributed by atoms with Crippen molar-refractivity contribution in [2.45, 2.75) is 31.8 Å². The van der Waals surface area contributed by atoms with Gasteiger partial charge in [0.15, 0.2) is 0 Å². The number of ether oxygens (including phenoxy) is 3. The van der Waals surface area contributed by atoms with Gasteiger partial charge in [-0.1, -0.05) is 5.18 Å². The summed E-state index contributed by atoms with van der Waals surface area (Å²) in [5, 5.41) is 7.73. The molecule has 1 atom stereocenters. The molecule has 0 radical (unpaired) electrons. The molecule has 34 heavy (non-hydrogen) atoms. The van der Waals surface area contributed by atoms with Gasteiger partial charge >= 0.3 is 0 Å². The van der Waals surface area contributed by atoms with Crippen LogP contribution in [0.25, 0.3) is 0 Å². The van der Waals surface area contributed by atoms with Crippen LogP contribution in [0.3, 0.4) is 0 Å². The zero-order valence-electron chi connectivity index (χ0n) is 18.7. The van der Waals surface area contributed by atoms with Crippen LogP contribution in [0.15, 0.2) is 23.4 Å². The number of imide groups is 1. The predicted octanol–water partition coefficient (Wildman–Crippen LogP) is 0.592. The molecule has 0 saturated carbocycles. The van der Waals surface area contributed by atoms with E-state index in [1.165, 1.54) is 4.90 Å². The van der Waals surface area contributed by atoms with Gasteiger partial charge in [-0.25, -0.2) is 0 Å². The molecule has 0 aromatic heterocycles. The largest absolute Gasteiger partial charge is 0.379 e. The maximum absolute atomic E-state index is 12.7. The predicted molar refractivity (Wildman–Crippen MR) is 119 cm³/mol. The first-order valence-corrected chi connectivity index (χ1v) is 11.1. The van der Waals surface area contributed by atoms with Crippen LogP contribution in [0.1, 0.15) is 35.2 Å². The monoisotopic (exact) mass is 476 g/mol. The summed E-state index contributed by atoms with van der Waals surface area (Å²) in [6.45, 7) is 2.31. The number of piperidine rings is 1. The summed E-state index contributed by atoms with van der Waals surface area (Å²) in [6, 6.07) is 4.32. The smallest absolute Gasteiger partial charge is 0.255 e. The summed E-state index contributed by atoms with van der Waals surface area (Å²) >= 11 is 0. The van der Waals surface area contributed by atoms with Crippen molar-refractivity contribution in [3.05, 3.63) is 34.2 Å². The minimum absolute atomic E-state index is 0.121. The first kappa shape index (κ1) is 25.4. The number of nitrogens with one attached hydrogen (secondary N) is 2. The molecule has 12 nitrogen and oxygen atoms in total. The fourth-order valence-corrected chi connectivity index (χ4v) is 3.68. The summed E-state index contributed by atoms with van der Waals surface area (Å²) in [4.78, 5) is 59.7. The second-order valence-electron chi connectivity index (χ2n) is 7.76. The third-order valence-corrected chi connectivity index (χ3v) is 5.35. The Hall–Kier alpha value is -3.22. The fraction of sp³-hybridized carbons (Fsp3) is 0.545. The van der Waals surface area contributed by atoms with E-state index >= 15 is 0 Å². The van der Waals surface area contributed by atoms with Crippen LogP contribution in [0.2, 0.25) is 0 Å². The van der Waals surface area contributed by atoms with E-state index in [9.17, 15) is 24.1 Å². The molecule has 3 rings (SSSR count). The number of nitrogens with zero attached hydrogens (tertiary/aromatic N) is 2. The number of rotatable bonds is 14. The first-order chi connectivity index (χ1) is 16.5. The number of carbonyl (C=O) groups excluding carboxylic acids is 4. The lowest BCUT2D eigenvalue weighted by Crippen LogP contribution is -2.52. The highest BCUT2D eigenvalue weighted by atomic mass is 16.5. The molecular formula is C22H28N4O8. The van der Waals surface area contributed by atoms with Crippen LogP contribution >= 0.6 is 0 Å². The lowest BCUT2D eigenvalue weighted by molar-refractivity contribution is -0.137. The third-order valence-electron chi connectivity index (χ3n) is 5.35. The number of hydrogen-bond acceptors (Lipinski definition) is 9. The molecular weight excluding hydrogens is 448 g/mol. The second kappa shape index (κ2) is 12.9. The minimum Gasteiger partial charge on any atom is -0.379 e. The summed E-state index contributed by atoms with van der Waals surface area (Å²) in [7, 11) is 0. The molecule has 2 aliphatic rings. The van der Waals surface area contributed by atoms with Crippen molar-refractivity contribution in [1.82, 2.24) is 10.2 Å². The lowest BCUT2D eigenvalue weighted by Gasteiger charge is -2.29. The van der Waals surface area contributed by atoms with E-state index in [4.69, 9.17) is 14.2 Å². The van der Waals surface area contributed by atoms with Crippen LogP contribution in [-0.2, 0) is 35.1 Å². The maximum atomic E-state index is 12.7. The van der Waals surface area contributed by atoms with Gasteiger partial charge in [0.25, 0.3) is 5.91 Å². The van der Waals surface area contributed by atoms with Crippen molar-refractivity contribution in [2.24, 2.45) is 5.18 Å². The number of hydrogen-bond donors (Lipinski definition) is 2. The molecule has 0 bridgehead atoms. The van der Waals surface area contributed by atoms with Crippen molar-refractivity contribution in [3.8, 4) is 0 Å². The van der Waals surface area contributed by atoms with Gasteiger partial charge in [0.1, 0.15) is 12.6 Å². The molecule has 2 heterocycles. The highest BCUT2D eigenvalue weighted by molar-refractivity contribution is 6.05. The summed E-state index contributed by atoms with van der Waals surface area (Å²) in [6.07, 6.45) is 0.646. The van der Waals surface area contributed by atoms with Crippen LogP contribution in [0, 0.1) is 4.91 Å². The zero-order valence-corrected chi connectivity index (χ0v) is 18.7. The molecule has 1 fully saturated rings. The molecule has 2 aliphatic heterocycles. The van der Waals surface area contributed by atoms with Crippen LogP contribution in [0.4, 0.5) is 5.69 Å². The van der Waals surface area contributed by atoms with Crippen molar-refractivity contribution in [3.63, 3.8) is 0 Å². The number of benzene rings is 1. The summed E-state index contributed by atoms with van der Waals surface area (Å²) in [5.74, 6) is -1.29. The van der Waals surface area contributed by atoms with E-state index in [-0.39, 0.29) is 56.9 Å². The quantitative estimate of drug-likeness (QED) is 0.225. The highest BCUT2D eigenvalue weighted by Crippen LogP contribution is 2.29. The van der Waals surface area contributed by atoms with Gasteiger partial charge in [-0.2, -0.15) is 4.91 Å². The minimum atomic E-state index is -0.677. The van der Waals surface area contributed by atoms with Crippen LogP contribution < -0.4 is 10.6 Å². The van der Waals surface area contributed by atoms with E-state index in [0.29, 0.717) is 49.7 Å². The van der Waals surface area contributed by atoms with Crippen LogP contribution in [0.5, 0.6) is 0 Å². The normalized spacial score (nSPS) is 17.5. The molecule has 1 saturated heterocycles. The van der Waals surface area contributed by atoms with E-state index in [2.05, 4.69) is 15.8 Å². The highest BCUT2D eigenvalue weighted by Gasteiger charge is 2.39. The van der Waals surface area contributed by atoms with Gasteiger partial charge in [-0.15, -0.1) is 0 Å². The van der Waals surface area contributed by atoms with Gasteiger partial charge in [-0.3, -0.25) is 24.5 Å². The Bertz CT molecular complexity index is 922.